The van der Waals surface area contributed by atoms with Crippen LogP contribution in [0.1, 0.15) is 11.3 Å². The number of para-hydroxylation sites is 1. The smallest absolute Gasteiger partial charge is 0.170 e. The number of oxime groups is 1. The molecule has 3 N–H and O–H groups in total. The topological polar surface area (TPSA) is 71.5 Å². The van der Waals surface area contributed by atoms with E-state index in [1.54, 1.807) is 6.07 Å². The van der Waals surface area contributed by atoms with Crippen LogP contribution in [0.25, 0.3) is 10.9 Å². The fourth-order valence-electron chi connectivity index (χ4n) is 1.57. The van der Waals surface area contributed by atoms with Crippen LogP contribution in [-0.4, -0.2) is 16.0 Å². The number of fused-ring (bicyclic) bond motifs is 1. The van der Waals surface area contributed by atoms with Crippen molar-refractivity contribution in [1.29, 1.82) is 0 Å². The molecule has 1 heterocycles. The molecule has 4 heteroatoms. The van der Waals surface area contributed by atoms with Gasteiger partial charge in [-0.05, 0) is 19.1 Å². The summed E-state index contributed by atoms with van der Waals surface area (Å²) in [4.78, 5) is 4.36. The Morgan fingerprint density at radius 2 is 2.13 bits per heavy atom. The SMILES string of the molecule is Cc1cc(C(N)=NO)c2ccccc2n1. The van der Waals surface area contributed by atoms with Crippen LogP contribution in [0, 0.1) is 6.92 Å². The van der Waals surface area contributed by atoms with E-state index in [9.17, 15) is 0 Å². The molecule has 0 aliphatic heterocycles. The third-order valence-corrected chi connectivity index (χ3v) is 2.23. The quantitative estimate of drug-likeness (QED) is 0.319. The number of aromatic nitrogens is 1. The molecule has 1 aromatic heterocycles. The first kappa shape index (κ1) is 9.45. The van der Waals surface area contributed by atoms with Crippen LogP contribution in [-0.2, 0) is 0 Å². The molecular formula is C11H11N3O. The minimum absolute atomic E-state index is 0.108. The Morgan fingerprint density at radius 3 is 2.87 bits per heavy atom. The average molecular weight is 201 g/mol. The van der Waals surface area contributed by atoms with Gasteiger partial charge in [-0.3, -0.25) is 4.98 Å². The monoisotopic (exact) mass is 201 g/mol. The van der Waals surface area contributed by atoms with Crippen molar-refractivity contribution in [3.05, 3.63) is 41.6 Å². The lowest BCUT2D eigenvalue weighted by atomic mass is 10.1. The van der Waals surface area contributed by atoms with E-state index >= 15 is 0 Å². The zero-order chi connectivity index (χ0) is 10.8. The van der Waals surface area contributed by atoms with Crippen molar-refractivity contribution in [2.45, 2.75) is 6.92 Å². The summed E-state index contributed by atoms with van der Waals surface area (Å²) in [6, 6.07) is 9.40. The van der Waals surface area contributed by atoms with Crippen LogP contribution in [0.4, 0.5) is 0 Å². The molecule has 0 saturated carbocycles. The highest BCUT2D eigenvalue weighted by Gasteiger charge is 2.06. The van der Waals surface area contributed by atoms with E-state index in [2.05, 4.69) is 10.1 Å². The molecule has 0 atom stereocenters. The summed E-state index contributed by atoms with van der Waals surface area (Å²) in [6.07, 6.45) is 0. The van der Waals surface area contributed by atoms with Gasteiger partial charge in [-0.15, -0.1) is 0 Å². The number of hydrogen-bond donors (Lipinski definition) is 2. The molecule has 2 rings (SSSR count). The number of nitrogens with zero attached hydrogens (tertiary/aromatic N) is 2. The normalized spacial score (nSPS) is 11.9. The molecule has 2 aromatic rings. The molecule has 76 valence electrons. The van der Waals surface area contributed by atoms with E-state index in [1.807, 2.05) is 31.2 Å². The third-order valence-electron chi connectivity index (χ3n) is 2.23. The molecule has 0 fully saturated rings. The van der Waals surface area contributed by atoms with E-state index in [-0.39, 0.29) is 5.84 Å². The number of rotatable bonds is 1. The van der Waals surface area contributed by atoms with Gasteiger partial charge >= 0.3 is 0 Å². The first-order valence-electron chi connectivity index (χ1n) is 4.56. The van der Waals surface area contributed by atoms with Crippen molar-refractivity contribution in [2.75, 3.05) is 0 Å². The second-order valence-electron chi connectivity index (χ2n) is 3.31. The molecule has 0 spiro atoms. The summed E-state index contributed by atoms with van der Waals surface area (Å²) >= 11 is 0. The molecule has 0 aliphatic rings. The lowest BCUT2D eigenvalue weighted by molar-refractivity contribution is 0.318. The summed E-state index contributed by atoms with van der Waals surface area (Å²) in [6.45, 7) is 1.88. The number of nitrogens with two attached hydrogens (primary N) is 1. The van der Waals surface area contributed by atoms with E-state index in [0.29, 0.717) is 5.56 Å². The van der Waals surface area contributed by atoms with Crippen LogP contribution in [0.2, 0.25) is 0 Å². The minimum Gasteiger partial charge on any atom is -0.409 e. The highest BCUT2D eigenvalue weighted by Crippen LogP contribution is 2.17. The number of benzene rings is 1. The van der Waals surface area contributed by atoms with Gasteiger partial charge < -0.3 is 10.9 Å². The lowest BCUT2D eigenvalue weighted by Crippen LogP contribution is -2.14. The van der Waals surface area contributed by atoms with Gasteiger partial charge in [0.15, 0.2) is 5.84 Å². The number of amidine groups is 1. The number of pyridine rings is 1. The summed E-state index contributed by atoms with van der Waals surface area (Å²) < 4.78 is 0. The number of hydrogen-bond acceptors (Lipinski definition) is 3. The van der Waals surface area contributed by atoms with Crippen LogP contribution in [0.3, 0.4) is 0 Å². The van der Waals surface area contributed by atoms with Crippen molar-refractivity contribution in [3.8, 4) is 0 Å². The highest BCUT2D eigenvalue weighted by atomic mass is 16.4. The molecule has 1 aromatic carbocycles. The van der Waals surface area contributed by atoms with Gasteiger partial charge in [0.1, 0.15) is 0 Å². The Morgan fingerprint density at radius 1 is 1.40 bits per heavy atom. The van der Waals surface area contributed by atoms with Gasteiger partial charge in [0.2, 0.25) is 0 Å². The van der Waals surface area contributed by atoms with E-state index < -0.39 is 0 Å². The Bertz CT molecular complexity index is 534. The van der Waals surface area contributed by atoms with Gasteiger partial charge in [-0.2, -0.15) is 0 Å². The van der Waals surface area contributed by atoms with Gasteiger partial charge in [0.05, 0.1) is 5.52 Å². The van der Waals surface area contributed by atoms with Crippen molar-refractivity contribution in [3.63, 3.8) is 0 Å². The van der Waals surface area contributed by atoms with Gasteiger partial charge in [0, 0.05) is 16.6 Å². The summed E-state index contributed by atoms with van der Waals surface area (Å²) in [7, 11) is 0. The average Bonchev–Trinajstić information content (AvgIpc) is 2.26. The van der Waals surface area contributed by atoms with Crippen LogP contribution in [0.5, 0.6) is 0 Å². The van der Waals surface area contributed by atoms with Gasteiger partial charge in [0.25, 0.3) is 0 Å². The van der Waals surface area contributed by atoms with Crippen molar-refractivity contribution in [1.82, 2.24) is 4.98 Å². The third kappa shape index (κ3) is 1.61. The van der Waals surface area contributed by atoms with E-state index in [0.717, 1.165) is 16.6 Å². The van der Waals surface area contributed by atoms with Gasteiger partial charge in [-0.25, -0.2) is 0 Å². The maximum Gasteiger partial charge on any atom is 0.170 e. The summed E-state index contributed by atoms with van der Waals surface area (Å²) in [5.74, 6) is 0.108. The lowest BCUT2D eigenvalue weighted by Gasteiger charge is -2.05. The Kier molecular flexibility index (Phi) is 2.25. The number of aryl methyl sites for hydroxylation is 1. The summed E-state index contributed by atoms with van der Waals surface area (Å²) in [5, 5.41) is 12.6. The Hall–Kier alpha value is -2.10. The Labute approximate surface area is 87.0 Å². The van der Waals surface area contributed by atoms with Crippen LogP contribution < -0.4 is 5.73 Å². The largest absolute Gasteiger partial charge is 0.409 e. The van der Waals surface area contributed by atoms with Crippen molar-refractivity contribution >= 4 is 16.7 Å². The predicted octanol–water partition coefficient (Wildman–Crippen LogP) is 1.64. The summed E-state index contributed by atoms with van der Waals surface area (Å²) in [5.41, 5.74) is 8.00. The van der Waals surface area contributed by atoms with Crippen molar-refractivity contribution in [2.24, 2.45) is 10.9 Å². The van der Waals surface area contributed by atoms with Crippen LogP contribution in [0.15, 0.2) is 35.5 Å². The standard InChI is InChI=1S/C11H11N3O/c1-7-6-9(11(12)14-15)8-4-2-3-5-10(8)13-7/h2-6,15H,1H3,(H2,12,14). The molecule has 0 amide bonds. The van der Waals surface area contributed by atoms with E-state index in [4.69, 9.17) is 10.9 Å². The predicted molar refractivity (Wildman–Crippen MR) is 59.0 cm³/mol. The molecule has 0 unspecified atom stereocenters. The first-order valence-corrected chi connectivity index (χ1v) is 4.56. The highest BCUT2D eigenvalue weighted by molar-refractivity contribution is 6.07. The molecule has 0 radical (unpaired) electrons. The molecule has 15 heavy (non-hydrogen) atoms. The van der Waals surface area contributed by atoms with Crippen LogP contribution >= 0.6 is 0 Å². The molecule has 4 nitrogen and oxygen atoms in total. The molecule has 0 bridgehead atoms. The second-order valence-corrected chi connectivity index (χ2v) is 3.31. The minimum atomic E-state index is 0.108. The zero-order valence-electron chi connectivity index (χ0n) is 8.31. The second kappa shape index (κ2) is 3.57. The Balaban J connectivity index is 2.82. The first-order chi connectivity index (χ1) is 7.22. The molecule has 0 aliphatic carbocycles. The molecular weight excluding hydrogens is 190 g/mol. The maximum absolute atomic E-state index is 8.68. The van der Waals surface area contributed by atoms with Gasteiger partial charge in [-0.1, -0.05) is 23.4 Å². The maximum atomic E-state index is 8.68. The fourth-order valence-corrected chi connectivity index (χ4v) is 1.57. The fraction of sp³-hybridized carbons (Fsp3) is 0.0909. The molecule has 0 saturated heterocycles. The van der Waals surface area contributed by atoms with Crippen molar-refractivity contribution < 1.29 is 5.21 Å². The zero-order valence-corrected chi connectivity index (χ0v) is 8.31. The van der Waals surface area contributed by atoms with E-state index in [1.165, 1.54) is 0 Å².